The number of tetrazole rings is 1. The molecule has 5 rings (SSSR count). The first-order chi connectivity index (χ1) is 15.8. The molecule has 32 heavy (non-hydrogen) atoms. The quantitative estimate of drug-likeness (QED) is 0.401. The number of fused-ring (bicyclic) bond motifs is 1. The normalized spacial score (nSPS) is 10.9. The van der Waals surface area contributed by atoms with Gasteiger partial charge in [0.2, 0.25) is 0 Å². The van der Waals surface area contributed by atoms with Gasteiger partial charge >= 0.3 is 0 Å². The zero-order chi connectivity index (χ0) is 21.8. The molecular formula is C25H21N5O2. The number of aromatic nitrogens is 5. The summed E-state index contributed by atoms with van der Waals surface area (Å²) in [6, 6.07) is 25.7. The van der Waals surface area contributed by atoms with Crippen LogP contribution in [0.4, 0.5) is 0 Å². The minimum absolute atomic E-state index is 0.406. The highest BCUT2D eigenvalue weighted by Crippen LogP contribution is 2.25. The summed E-state index contributed by atoms with van der Waals surface area (Å²) >= 11 is 0. The van der Waals surface area contributed by atoms with Gasteiger partial charge in [-0.25, -0.2) is 10.1 Å². The lowest BCUT2D eigenvalue weighted by atomic mass is 10.0. The Kier molecular flexibility index (Phi) is 5.45. The number of hydrogen-bond donors (Lipinski definition) is 1. The largest absolute Gasteiger partial charge is 0.489 e. The molecule has 5 aromatic rings. The molecule has 3 aromatic carbocycles. The molecule has 0 aliphatic heterocycles. The summed E-state index contributed by atoms with van der Waals surface area (Å²) in [6.07, 6.45) is 0. The molecule has 0 saturated carbocycles. The molecule has 0 spiro atoms. The van der Waals surface area contributed by atoms with E-state index < -0.39 is 0 Å². The maximum atomic E-state index is 6.03. The van der Waals surface area contributed by atoms with E-state index in [0.717, 1.165) is 44.8 Å². The predicted molar refractivity (Wildman–Crippen MR) is 121 cm³/mol. The topological polar surface area (TPSA) is 85.8 Å². The van der Waals surface area contributed by atoms with E-state index in [0.29, 0.717) is 19.0 Å². The predicted octanol–water partition coefficient (Wildman–Crippen LogP) is 4.88. The number of hydrogen-bond acceptors (Lipinski definition) is 6. The highest BCUT2D eigenvalue weighted by atomic mass is 16.5. The standard InChI is InChI=1S/C25H21N5O2/c1-17-5-4-7-22(25-27-29-30-28-25)23(17)16-32-21-13-11-20(12-14-21)31-15-19-10-9-18-6-2-3-8-24(18)26-19/h2-14H,15-16H2,1H3,(H,27,28,29,30). The van der Waals surface area contributed by atoms with Gasteiger partial charge in [-0.3, -0.25) is 0 Å². The van der Waals surface area contributed by atoms with E-state index in [1.807, 2.05) is 79.7 Å². The first-order valence-corrected chi connectivity index (χ1v) is 10.3. The highest BCUT2D eigenvalue weighted by Gasteiger charge is 2.11. The Morgan fingerprint density at radius 3 is 2.34 bits per heavy atom. The molecule has 0 aliphatic rings. The van der Waals surface area contributed by atoms with Crippen molar-refractivity contribution in [2.45, 2.75) is 20.1 Å². The molecule has 0 saturated heterocycles. The lowest BCUT2D eigenvalue weighted by Crippen LogP contribution is -2.02. The van der Waals surface area contributed by atoms with Gasteiger partial charge in [0.1, 0.15) is 24.7 Å². The van der Waals surface area contributed by atoms with E-state index in [4.69, 9.17) is 9.47 Å². The van der Waals surface area contributed by atoms with Crippen molar-refractivity contribution in [3.63, 3.8) is 0 Å². The van der Waals surface area contributed by atoms with Crippen molar-refractivity contribution in [1.82, 2.24) is 25.6 Å². The van der Waals surface area contributed by atoms with Gasteiger partial charge in [-0.15, -0.1) is 5.10 Å². The summed E-state index contributed by atoms with van der Waals surface area (Å²) in [4.78, 5) is 4.64. The first kappa shape index (κ1) is 19.7. The number of aromatic amines is 1. The van der Waals surface area contributed by atoms with Crippen LogP contribution in [-0.2, 0) is 13.2 Å². The SMILES string of the molecule is Cc1cccc(-c2nnn[nH]2)c1COc1ccc(OCc2ccc3ccccc3n2)cc1. The summed E-state index contributed by atoms with van der Waals surface area (Å²) in [5, 5.41) is 15.3. The lowest BCUT2D eigenvalue weighted by Gasteiger charge is -2.13. The molecule has 0 atom stereocenters. The van der Waals surface area contributed by atoms with Crippen LogP contribution in [0.5, 0.6) is 11.5 Å². The maximum Gasteiger partial charge on any atom is 0.179 e. The van der Waals surface area contributed by atoms with E-state index in [1.54, 1.807) is 0 Å². The third-order valence-electron chi connectivity index (χ3n) is 5.26. The highest BCUT2D eigenvalue weighted by molar-refractivity contribution is 5.78. The summed E-state index contributed by atoms with van der Waals surface area (Å²) in [5.41, 5.74) is 4.93. The number of aryl methyl sites for hydroxylation is 1. The van der Waals surface area contributed by atoms with Gasteiger partial charge in [0.15, 0.2) is 5.82 Å². The van der Waals surface area contributed by atoms with Crippen molar-refractivity contribution < 1.29 is 9.47 Å². The van der Waals surface area contributed by atoms with Crippen LogP contribution in [-0.4, -0.2) is 25.6 Å². The molecule has 0 bridgehead atoms. The molecule has 0 unspecified atom stereocenters. The van der Waals surface area contributed by atoms with Crippen molar-refractivity contribution in [2.24, 2.45) is 0 Å². The summed E-state index contributed by atoms with van der Waals surface area (Å²) in [6.45, 7) is 2.86. The number of benzene rings is 3. The molecular weight excluding hydrogens is 402 g/mol. The number of nitrogens with one attached hydrogen (secondary N) is 1. The number of para-hydroxylation sites is 1. The Labute approximate surface area is 185 Å². The summed E-state index contributed by atoms with van der Waals surface area (Å²) in [7, 11) is 0. The Balaban J connectivity index is 1.23. The van der Waals surface area contributed by atoms with E-state index in [1.165, 1.54) is 0 Å². The van der Waals surface area contributed by atoms with Gasteiger partial charge in [0.05, 0.1) is 11.2 Å². The van der Waals surface area contributed by atoms with Gasteiger partial charge < -0.3 is 9.47 Å². The Hall–Kier alpha value is -4.26. The number of nitrogens with zero attached hydrogens (tertiary/aromatic N) is 4. The minimum atomic E-state index is 0.406. The molecule has 7 nitrogen and oxygen atoms in total. The smallest absolute Gasteiger partial charge is 0.179 e. The molecule has 0 radical (unpaired) electrons. The van der Waals surface area contributed by atoms with E-state index in [-0.39, 0.29) is 0 Å². The Bertz CT molecular complexity index is 1330. The average molecular weight is 423 g/mol. The summed E-state index contributed by atoms with van der Waals surface area (Å²) in [5.74, 6) is 2.14. The average Bonchev–Trinajstić information content (AvgIpc) is 3.37. The molecule has 7 heteroatoms. The van der Waals surface area contributed by atoms with Crippen LogP contribution in [0.1, 0.15) is 16.8 Å². The second kappa shape index (κ2) is 8.85. The molecule has 0 fully saturated rings. The number of rotatable bonds is 7. The van der Waals surface area contributed by atoms with Crippen LogP contribution in [0.15, 0.2) is 78.9 Å². The zero-order valence-corrected chi connectivity index (χ0v) is 17.5. The van der Waals surface area contributed by atoms with Crippen molar-refractivity contribution in [1.29, 1.82) is 0 Å². The second-order valence-electron chi connectivity index (χ2n) is 7.39. The van der Waals surface area contributed by atoms with Crippen LogP contribution < -0.4 is 9.47 Å². The maximum absolute atomic E-state index is 6.03. The van der Waals surface area contributed by atoms with Crippen molar-refractivity contribution in [3.05, 3.63) is 95.7 Å². The number of pyridine rings is 1. The fourth-order valence-corrected chi connectivity index (χ4v) is 3.52. The third kappa shape index (κ3) is 4.27. The Morgan fingerprint density at radius 2 is 1.56 bits per heavy atom. The van der Waals surface area contributed by atoms with Crippen LogP contribution in [0.2, 0.25) is 0 Å². The fraction of sp³-hybridized carbons (Fsp3) is 0.120. The molecule has 1 N–H and O–H groups in total. The van der Waals surface area contributed by atoms with Gasteiger partial charge in [-0.05, 0) is 59.3 Å². The molecule has 0 amide bonds. The van der Waals surface area contributed by atoms with Crippen LogP contribution in [0.25, 0.3) is 22.3 Å². The zero-order valence-electron chi connectivity index (χ0n) is 17.5. The van der Waals surface area contributed by atoms with Crippen molar-refractivity contribution in [3.8, 4) is 22.9 Å². The number of ether oxygens (including phenoxy) is 2. The van der Waals surface area contributed by atoms with Crippen molar-refractivity contribution >= 4 is 10.9 Å². The van der Waals surface area contributed by atoms with Gasteiger partial charge in [0.25, 0.3) is 0 Å². The fourth-order valence-electron chi connectivity index (χ4n) is 3.52. The molecule has 2 heterocycles. The first-order valence-electron chi connectivity index (χ1n) is 10.3. The molecule has 2 aromatic heterocycles. The minimum Gasteiger partial charge on any atom is -0.489 e. The Morgan fingerprint density at radius 1 is 0.781 bits per heavy atom. The third-order valence-corrected chi connectivity index (χ3v) is 5.26. The van der Waals surface area contributed by atoms with Crippen LogP contribution in [0, 0.1) is 6.92 Å². The van der Waals surface area contributed by atoms with E-state index >= 15 is 0 Å². The van der Waals surface area contributed by atoms with Gasteiger partial charge in [0, 0.05) is 16.5 Å². The van der Waals surface area contributed by atoms with Crippen LogP contribution >= 0.6 is 0 Å². The van der Waals surface area contributed by atoms with E-state index in [9.17, 15) is 0 Å². The lowest BCUT2D eigenvalue weighted by molar-refractivity contribution is 0.295. The van der Waals surface area contributed by atoms with Crippen LogP contribution in [0.3, 0.4) is 0 Å². The van der Waals surface area contributed by atoms with Crippen molar-refractivity contribution in [2.75, 3.05) is 0 Å². The second-order valence-corrected chi connectivity index (χ2v) is 7.39. The van der Waals surface area contributed by atoms with Gasteiger partial charge in [-0.1, -0.05) is 42.5 Å². The van der Waals surface area contributed by atoms with Gasteiger partial charge in [-0.2, -0.15) is 0 Å². The number of H-pyrrole nitrogens is 1. The van der Waals surface area contributed by atoms with E-state index in [2.05, 4.69) is 31.7 Å². The molecule has 0 aliphatic carbocycles. The monoisotopic (exact) mass is 423 g/mol. The summed E-state index contributed by atoms with van der Waals surface area (Å²) < 4.78 is 11.9. The molecule has 158 valence electrons.